The van der Waals surface area contributed by atoms with E-state index in [1.165, 1.54) is 12.1 Å². The van der Waals surface area contributed by atoms with Crippen LogP contribution in [0.15, 0.2) is 36.4 Å². The van der Waals surface area contributed by atoms with Gasteiger partial charge in [-0.15, -0.1) is 0 Å². The number of benzene rings is 2. The Morgan fingerprint density at radius 1 is 0.926 bits per heavy atom. The van der Waals surface area contributed by atoms with Crippen molar-refractivity contribution in [3.05, 3.63) is 58.9 Å². The summed E-state index contributed by atoms with van der Waals surface area (Å²) in [7, 11) is -0.374. The summed E-state index contributed by atoms with van der Waals surface area (Å²) in [6, 6.07) is 10.7. The fourth-order valence-electron chi connectivity index (χ4n) is 3.25. The smallest absolute Gasteiger partial charge is 0.493 e. The summed E-state index contributed by atoms with van der Waals surface area (Å²) >= 11 is 0. The summed E-state index contributed by atoms with van der Waals surface area (Å²) in [4.78, 5) is 0. The van der Waals surface area contributed by atoms with Gasteiger partial charge in [-0.05, 0) is 75.8 Å². The lowest BCUT2D eigenvalue weighted by molar-refractivity contribution is 0.00578. The maximum atomic E-state index is 13.0. The van der Waals surface area contributed by atoms with Crippen molar-refractivity contribution >= 4 is 12.6 Å². The number of halogens is 1. The van der Waals surface area contributed by atoms with Crippen LogP contribution in [0.4, 0.5) is 4.39 Å². The molecule has 0 atom stereocenters. The third-order valence-corrected chi connectivity index (χ3v) is 5.56. The molecule has 0 aromatic heterocycles. The Morgan fingerprint density at radius 3 is 1.96 bits per heavy atom. The van der Waals surface area contributed by atoms with Crippen molar-refractivity contribution in [3.8, 4) is 5.75 Å². The standard InChI is InChI=1S/C22H28BFO3/c1-15-13-18(23-26-21(3,4)22(5,6)27-23)14-16(2)20(15)25-12-11-17-7-9-19(24)10-8-17/h7-10,13-14H,11-12H2,1-6H3. The van der Waals surface area contributed by atoms with Crippen LogP contribution in [0.1, 0.15) is 44.4 Å². The Bertz CT molecular complexity index is 776. The molecule has 0 N–H and O–H groups in total. The van der Waals surface area contributed by atoms with E-state index in [9.17, 15) is 4.39 Å². The van der Waals surface area contributed by atoms with E-state index in [0.29, 0.717) is 6.61 Å². The molecule has 0 saturated carbocycles. The Balaban J connectivity index is 1.69. The molecule has 0 spiro atoms. The van der Waals surface area contributed by atoms with Crippen LogP contribution in [0.25, 0.3) is 0 Å². The largest absolute Gasteiger partial charge is 0.494 e. The Labute approximate surface area is 162 Å². The fourth-order valence-corrected chi connectivity index (χ4v) is 3.25. The molecule has 1 heterocycles. The molecule has 0 amide bonds. The van der Waals surface area contributed by atoms with Crippen molar-refractivity contribution in [1.29, 1.82) is 0 Å². The predicted molar refractivity (Wildman–Crippen MR) is 107 cm³/mol. The van der Waals surface area contributed by atoms with Crippen LogP contribution in [0, 0.1) is 19.7 Å². The van der Waals surface area contributed by atoms with Gasteiger partial charge in [0.1, 0.15) is 11.6 Å². The first kappa shape index (κ1) is 19.9. The van der Waals surface area contributed by atoms with Gasteiger partial charge in [0.2, 0.25) is 0 Å². The van der Waals surface area contributed by atoms with E-state index in [1.807, 2.05) is 13.8 Å². The molecule has 1 aliphatic rings. The molecule has 1 aliphatic heterocycles. The maximum Gasteiger partial charge on any atom is 0.494 e. The molecule has 0 bridgehead atoms. The molecule has 0 radical (unpaired) electrons. The second-order valence-corrected chi connectivity index (χ2v) is 8.30. The fraction of sp³-hybridized carbons (Fsp3) is 0.455. The summed E-state index contributed by atoms with van der Waals surface area (Å²) in [6.45, 7) is 12.8. The van der Waals surface area contributed by atoms with Crippen molar-refractivity contribution < 1.29 is 18.4 Å². The van der Waals surface area contributed by atoms with Crippen LogP contribution in [-0.2, 0) is 15.7 Å². The second-order valence-electron chi connectivity index (χ2n) is 8.30. The highest BCUT2D eigenvalue weighted by atomic mass is 19.1. The molecule has 5 heteroatoms. The quantitative estimate of drug-likeness (QED) is 0.732. The maximum absolute atomic E-state index is 13.0. The normalized spacial score (nSPS) is 18.0. The molecule has 3 rings (SSSR count). The molecule has 1 saturated heterocycles. The van der Waals surface area contributed by atoms with Gasteiger partial charge in [-0.25, -0.2) is 4.39 Å². The number of ether oxygens (including phenoxy) is 1. The van der Waals surface area contributed by atoms with E-state index in [2.05, 4.69) is 39.8 Å². The first-order valence-corrected chi connectivity index (χ1v) is 9.43. The van der Waals surface area contributed by atoms with E-state index < -0.39 is 0 Å². The van der Waals surface area contributed by atoms with E-state index >= 15 is 0 Å². The molecule has 2 aromatic carbocycles. The molecule has 3 nitrogen and oxygen atoms in total. The number of hydrogen-bond donors (Lipinski definition) is 0. The van der Waals surface area contributed by atoms with Crippen LogP contribution in [-0.4, -0.2) is 24.9 Å². The van der Waals surface area contributed by atoms with Crippen LogP contribution in [0.2, 0.25) is 0 Å². The summed E-state index contributed by atoms with van der Waals surface area (Å²) < 4.78 is 31.3. The zero-order valence-electron chi connectivity index (χ0n) is 17.1. The highest BCUT2D eigenvalue weighted by molar-refractivity contribution is 6.62. The van der Waals surface area contributed by atoms with Gasteiger partial charge in [0.25, 0.3) is 0 Å². The average Bonchev–Trinajstić information content (AvgIpc) is 2.79. The number of aryl methyl sites for hydroxylation is 2. The van der Waals surface area contributed by atoms with Crippen LogP contribution >= 0.6 is 0 Å². The molecule has 0 aliphatic carbocycles. The number of hydrogen-bond acceptors (Lipinski definition) is 3. The van der Waals surface area contributed by atoms with Gasteiger partial charge >= 0.3 is 7.12 Å². The average molecular weight is 370 g/mol. The zero-order chi connectivity index (χ0) is 19.8. The molecular weight excluding hydrogens is 342 g/mol. The van der Waals surface area contributed by atoms with Gasteiger partial charge in [0, 0.05) is 6.42 Å². The van der Waals surface area contributed by atoms with E-state index in [1.54, 1.807) is 12.1 Å². The van der Waals surface area contributed by atoms with Gasteiger partial charge in [-0.3, -0.25) is 0 Å². The lowest BCUT2D eigenvalue weighted by atomic mass is 9.77. The lowest BCUT2D eigenvalue weighted by Gasteiger charge is -2.32. The summed E-state index contributed by atoms with van der Waals surface area (Å²) in [5.74, 6) is 0.669. The highest BCUT2D eigenvalue weighted by Crippen LogP contribution is 2.37. The third kappa shape index (κ3) is 4.20. The summed E-state index contributed by atoms with van der Waals surface area (Å²) in [6.07, 6.45) is 0.734. The van der Waals surface area contributed by atoms with Gasteiger partial charge in [-0.1, -0.05) is 24.3 Å². The van der Waals surface area contributed by atoms with Gasteiger partial charge < -0.3 is 14.0 Å². The highest BCUT2D eigenvalue weighted by Gasteiger charge is 2.51. The Hall–Kier alpha value is -1.85. The van der Waals surface area contributed by atoms with Crippen molar-refractivity contribution in [2.24, 2.45) is 0 Å². The van der Waals surface area contributed by atoms with E-state index in [0.717, 1.165) is 34.3 Å². The number of rotatable bonds is 5. The van der Waals surface area contributed by atoms with Gasteiger partial charge in [0.05, 0.1) is 17.8 Å². The van der Waals surface area contributed by atoms with Gasteiger partial charge in [0.15, 0.2) is 0 Å². The lowest BCUT2D eigenvalue weighted by Crippen LogP contribution is -2.41. The van der Waals surface area contributed by atoms with Crippen LogP contribution in [0.5, 0.6) is 5.75 Å². The minimum Gasteiger partial charge on any atom is -0.493 e. The van der Waals surface area contributed by atoms with E-state index in [4.69, 9.17) is 14.0 Å². The first-order chi connectivity index (χ1) is 12.6. The monoisotopic (exact) mass is 370 g/mol. The van der Waals surface area contributed by atoms with Crippen molar-refractivity contribution in [2.45, 2.75) is 59.2 Å². The summed E-state index contributed by atoms with van der Waals surface area (Å²) in [5, 5.41) is 0. The molecule has 1 fully saturated rings. The molecule has 144 valence electrons. The molecule has 27 heavy (non-hydrogen) atoms. The first-order valence-electron chi connectivity index (χ1n) is 9.43. The molecular formula is C22H28BFO3. The van der Waals surface area contributed by atoms with Crippen molar-refractivity contribution in [2.75, 3.05) is 6.61 Å². The Kier molecular flexibility index (Phi) is 5.37. The molecule has 2 aromatic rings. The Morgan fingerprint density at radius 2 is 1.44 bits per heavy atom. The zero-order valence-corrected chi connectivity index (χ0v) is 17.1. The molecule has 0 unspecified atom stereocenters. The topological polar surface area (TPSA) is 27.7 Å². The van der Waals surface area contributed by atoms with Gasteiger partial charge in [-0.2, -0.15) is 0 Å². The SMILES string of the molecule is Cc1cc(B2OC(C)(C)C(C)(C)O2)cc(C)c1OCCc1ccc(F)cc1. The minimum atomic E-state index is -0.374. The van der Waals surface area contributed by atoms with Crippen molar-refractivity contribution in [3.63, 3.8) is 0 Å². The van der Waals surface area contributed by atoms with E-state index in [-0.39, 0.29) is 24.1 Å². The second kappa shape index (κ2) is 7.29. The van der Waals surface area contributed by atoms with Crippen LogP contribution < -0.4 is 10.2 Å². The predicted octanol–water partition coefficient (Wildman–Crippen LogP) is 4.36. The summed E-state index contributed by atoms with van der Waals surface area (Å²) in [5.41, 5.74) is 3.46. The minimum absolute atomic E-state index is 0.218. The van der Waals surface area contributed by atoms with Crippen LogP contribution in [0.3, 0.4) is 0 Å². The third-order valence-electron chi connectivity index (χ3n) is 5.56. The van der Waals surface area contributed by atoms with Crippen molar-refractivity contribution in [1.82, 2.24) is 0 Å².